The van der Waals surface area contributed by atoms with Crippen LogP contribution >= 0.6 is 12.4 Å². The van der Waals surface area contributed by atoms with E-state index in [-0.39, 0.29) is 42.3 Å². The minimum Gasteiger partial charge on any atom is -0.493 e. The number of hydrogen-bond acceptors (Lipinski definition) is 6. The fourth-order valence-corrected chi connectivity index (χ4v) is 4.17. The molecule has 0 saturated carbocycles. The first-order valence-electron chi connectivity index (χ1n) is 11.8. The molecule has 34 heavy (non-hydrogen) atoms. The Hall–Kier alpha value is -2.52. The third-order valence-electron chi connectivity index (χ3n) is 6.10. The average molecular weight is 497 g/mol. The SMILES string of the molecule is COc1cc2ccc1O[C@@H]1CN[C@@H](C1)C(=O)NCCCCN(C(C)=O)CCCNC(=O)CC2.Cl. The molecule has 0 radical (unpaired) electrons. The van der Waals surface area contributed by atoms with Crippen LogP contribution in [0.2, 0.25) is 0 Å². The third-order valence-corrected chi connectivity index (χ3v) is 6.10. The lowest BCUT2D eigenvalue weighted by molar-refractivity contribution is -0.129. The number of aryl methyl sites for hydroxylation is 1. The quantitative estimate of drug-likeness (QED) is 0.542. The molecule has 1 fully saturated rings. The number of nitrogens with zero attached hydrogens (tertiary/aromatic N) is 1. The molecule has 0 aromatic heterocycles. The predicted molar refractivity (Wildman–Crippen MR) is 132 cm³/mol. The fraction of sp³-hybridized carbons (Fsp3) is 0.625. The van der Waals surface area contributed by atoms with Gasteiger partial charge in [-0.25, -0.2) is 0 Å². The molecule has 3 amide bonds. The molecule has 3 aliphatic heterocycles. The molecule has 1 saturated heterocycles. The van der Waals surface area contributed by atoms with Crippen molar-refractivity contribution in [3.8, 4) is 11.5 Å². The molecular formula is C24H37ClN4O5. The van der Waals surface area contributed by atoms with E-state index in [0.717, 1.165) is 18.4 Å². The number of ether oxygens (including phenoxy) is 2. The highest BCUT2D eigenvalue weighted by Gasteiger charge is 2.31. The summed E-state index contributed by atoms with van der Waals surface area (Å²) >= 11 is 0. The molecule has 0 unspecified atom stereocenters. The first kappa shape index (κ1) is 27.7. The maximum atomic E-state index is 12.5. The maximum absolute atomic E-state index is 12.5. The minimum atomic E-state index is -0.287. The van der Waals surface area contributed by atoms with Crippen LogP contribution in [0.5, 0.6) is 11.5 Å². The number of nitrogens with one attached hydrogen (secondary N) is 3. The molecule has 10 heteroatoms. The van der Waals surface area contributed by atoms with Gasteiger partial charge in [0.2, 0.25) is 17.7 Å². The molecule has 3 N–H and O–H groups in total. The van der Waals surface area contributed by atoms with Crippen LogP contribution < -0.4 is 25.4 Å². The van der Waals surface area contributed by atoms with Gasteiger partial charge in [-0.2, -0.15) is 0 Å². The third kappa shape index (κ3) is 8.36. The van der Waals surface area contributed by atoms with Crippen LogP contribution in [0.4, 0.5) is 0 Å². The van der Waals surface area contributed by atoms with Crippen molar-refractivity contribution in [3.05, 3.63) is 23.8 Å². The number of rotatable bonds is 1. The van der Waals surface area contributed by atoms with Crippen LogP contribution in [0.15, 0.2) is 18.2 Å². The van der Waals surface area contributed by atoms with Crippen molar-refractivity contribution in [1.82, 2.24) is 20.9 Å². The molecule has 2 atom stereocenters. The summed E-state index contributed by atoms with van der Waals surface area (Å²) in [7, 11) is 1.59. The van der Waals surface area contributed by atoms with Gasteiger partial charge in [-0.05, 0) is 43.4 Å². The molecule has 0 spiro atoms. The average Bonchev–Trinajstić information content (AvgIpc) is 3.27. The lowest BCUT2D eigenvalue weighted by Crippen LogP contribution is -2.41. The predicted octanol–water partition coefficient (Wildman–Crippen LogP) is 1.42. The number of carbonyl (C=O) groups excluding carboxylic acids is 3. The normalized spacial score (nSPS) is 22.8. The van der Waals surface area contributed by atoms with Crippen LogP contribution in [-0.2, 0) is 20.8 Å². The Labute approximate surface area is 207 Å². The Morgan fingerprint density at radius 2 is 1.85 bits per heavy atom. The maximum Gasteiger partial charge on any atom is 0.237 e. The monoisotopic (exact) mass is 496 g/mol. The highest BCUT2D eigenvalue weighted by atomic mass is 35.5. The van der Waals surface area contributed by atoms with E-state index >= 15 is 0 Å². The van der Waals surface area contributed by atoms with E-state index in [1.807, 2.05) is 18.2 Å². The summed E-state index contributed by atoms with van der Waals surface area (Å²) in [6.07, 6.45) is 3.73. The number of benzene rings is 1. The summed E-state index contributed by atoms with van der Waals surface area (Å²) < 4.78 is 11.6. The van der Waals surface area contributed by atoms with E-state index in [2.05, 4.69) is 16.0 Å². The van der Waals surface area contributed by atoms with E-state index in [9.17, 15) is 14.4 Å². The number of fused-ring (bicyclic) bond motifs is 15. The lowest BCUT2D eigenvalue weighted by atomic mass is 10.1. The van der Waals surface area contributed by atoms with Gasteiger partial charge in [-0.1, -0.05) is 6.07 Å². The Morgan fingerprint density at radius 3 is 2.62 bits per heavy atom. The second kappa shape index (κ2) is 14.0. The number of halogens is 1. The van der Waals surface area contributed by atoms with Crippen molar-refractivity contribution in [2.75, 3.05) is 39.8 Å². The van der Waals surface area contributed by atoms with Crippen molar-refractivity contribution in [2.24, 2.45) is 0 Å². The molecule has 9 nitrogen and oxygen atoms in total. The van der Waals surface area contributed by atoms with Crippen LogP contribution in [0.3, 0.4) is 0 Å². The van der Waals surface area contributed by atoms with Gasteiger partial charge in [0.15, 0.2) is 11.5 Å². The summed E-state index contributed by atoms with van der Waals surface area (Å²) in [5, 5.41) is 9.15. The zero-order chi connectivity index (χ0) is 23.6. The van der Waals surface area contributed by atoms with Crippen LogP contribution in [0, 0.1) is 0 Å². The topological polar surface area (TPSA) is 109 Å². The van der Waals surface area contributed by atoms with Gasteiger partial charge in [0.05, 0.1) is 13.2 Å². The number of amides is 3. The lowest BCUT2D eigenvalue weighted by Gasteiger charge is -2.21. The van der Waals surface area contributed by atoms with E-state index in [1.165, 1.54) is 0 Å². The number of carbonyl (C=O) groups is 3. The van der Waals surface area contributed by atoms with Crippen LogP contribution in [0.1, 0.15) is 44.6 Å². The summed E-state index contributed by atoms with van der Waals surface area (Å²) in [6, 6.07) is 5.41. The fourth-order valence-electron chi connectivity index (χ4n) is 4.17. The molecule has 1 aromatic carbocycles. The first-order valence-corrected chi connectivity index (χ1v) is 11.8. The van der Waals surface area contributed by atoms with Gasteiger partial charge < -0.3 is 30.3 Å². The molecule has 4 rings (SSSR count). The van der Waals surface area contributed by atoms with Gasteiger partial charge in [0.1, 0.15) is 6.10 Å². The summed E-state index contributed by atoms with van der Waals surface area (Å²) in [5.41, 5.74) is 0.987. The van der Waals surface area contributed by atoms with Crippen molar-refractivity contribution in [1.29, 1.82) is 0 Å². The zero-order valence-electron chi connectivity index (χ0n) is 20.1. The van der Waals surface area contributed by atoms with Gasteiger partial charge in [0, 0.05) is 52.5 Å². The Balaban J connectivity index is 0.00000408. The highest BCUT2D eigenvalue weighted by molar-refractivity contribution is 5.85. The Bertz CT molecular complexity index is 838. The Morgan fingerprint density at radius 1 is 1.09 bits per heavy atom. The summed E-state index contributed by atoms with van der Waals surface area (Å²) in [6.45, 7) is 4.50. The van der Waals surface area contributed by atoms with Gasteiger partial charge in [-0.3, -0.25) is 14.4 Å². The standard InChI is InChI=1S/C24H36N4O5.ClH/c1-17(29)28-12-4-3-10-26-24(31)20-15-19(16-27-20)33-21-8-6-18(14-22(21)32-2)7-9-23(30)25-11-5-13-28;/h6,8,14,19-20,27H,3-5,7,9-13,15-16H2,1-2H3,(H,25,30)(H,26,31);1H/t19-,20-;/m0./s1. The molecular weight excluding hydrogens is 460 g/mol. The summed E-state index contributed by atoms with van der Waals surface area (Å²) in [4.78, 5) is 38.4. The Kier molecular flexibility index (Phi) is 11.4. The second-order valence-electron chi connectivity index (χ2n) is 8.63. The van der Waals surface area contributed by atoms with Gasteiger partial charge in [-0.15, -0.1) is 12.4 Å². The van der Waals surface area contributed by atoms with Crippen molar-refractivity contribution in [2.45, 2.75) is 57.6 Å². The molecule has 3 heterocycles. The van der Waals surface area contributed by atoms with Crippen LogP contribution in [0.25, 0.3) is 0 Å². The summed E-state index contributed by atoms with van der Waals surface area (Å²) in [5.74, 6) is 1.25. The van der Waals surface area contributed by atoms with Crippen molar-refractivity contribution in [3.63, 3.8) is 0 Å². The number of hydrogen-bond donors (Lipinski definition) is 3. The van der Waals surface area contributed by atoms with E-state index in [0.29, 0.717) is 69.9 Å². The van der Waals surface area contributed by atoms with Crippen molar-refractivity contribution >= 4 is 30.1 Å². The smallest absolute Gasteiger partial charge is 0.237 e. The van der Waals surface area contributed by atoms with Crippen molar-refractivity contribution < 1.29 is 23.9 Å². The number of methoxy groups -OCH3 is 1. The molecule has 0 aliphatic carbocycles. The second-order valence-corrected chi connectivity index (χ2v) is 8.63. The first-order chi connectivity index (χ1) is 16.0. The van der Waals surface area contributed by atoms with Gasteiger partial charge in [0.25, 0.3) is 0 Å². The van der Waals surface area contributed by atoms with E-state index < -0.39 is 0 Å². The molecule has 190 valence electrons. The molecule has 3 aliphatic rings. The van der Waals surface area contributed by atoms with Gasteiger partial charge >= 0.3 is 0 Å². The molecule has 1 aromatic rings. The van der Waals surface area contributed by atoms with Crippen LogP contribution in [-0.4, -0.2) is 74.6 Å². The van der Waals surface area contributed by atoms with E-state index in [1.54, 1.807) is 18.9 Å². The largest absolute Gasteiger partial charge is 0.493 e. The molecule has 4 bridgehead atoms. The zero-order valence-corrected chi connectivity index (χ0v) is 20.9. The highest BCUT2D eigenvalue weighted by Crippen LogP contribution is 2.30. The minimum absolute atomic E-state index is 0. The van der Waals surface area contributed by atoms with E-state index in [4.69, 9.17) is 9.47 Å².